The van der Waals surface area contributed by atoms with Crippen molar-refractivity contribution in [2.75, 3.05) is 0 Å². The van der Waals surface area contributed by atoms with Crippen LogP contribution in [0.25, 0.3) is 0 Å². The van der Waals surface area contributed by atoms with E-state index >= 15 is 0 Å². The summed E-state index contributed by atoms with van der Waals surface area (Å²) in [6.45, 7) is 1.83. The largest absolute Gasteiger partial charge is 0.338 e. The molecule has 4 nitrogen and oxygen atoms in total. The summed E-state index contributed by atoms with van der Waals surface area (Å²) in [5, 5.41) is 3.89. The van der Waals surface area contributed by atoms with Crippen LogP contribution in [0.3, 0.4) is 0 Å². The molecule has 2 N–H and O–H groups in total. The maximum atomic E-state index is 5.64. The monoisotopic (exact) mass is 217 g/mol. The molecule has 0 aliphatic heterocycles. The third-order valence-corrected chi connectivity index (χ3v) is 2.35. The highest BCUT2D eigenvalue weighted by Crippen LogP contribution is 2.08. The summed E-state index contributed by atoms with van der Waals surface area (Å²) in [5.74, 6) is 1.22. The Bertz CT molecular complexity index is 437. The number of nitrogens with zero attached hydrogens (tertiary/aromatic N) is 2. The first-order valence-corrected chi connectivity index (χ1v) is 5.37. The van der Waals surface area contributed by atoms with E-state index in [4.69, 9.17) is 10.3 Å². The fourth-order valence-corrected chi connectivity index (χ4v) is 1.45. The molecule has 0 spiro atoms. The molecule has 84 valence electrons. The van der Waals surface area contributed by atoms with E-state index in [9.17, 15) is 0 Å². The van der Waals surface area contributed by atoms with Gasteiger partial charge in [0.05, 0.1) is 6.04 Å². The van der Waals surface area contributed by atoms with Gasteiger partial charge in [0.15, 0.2) is 5.82 Å². The number of benzene rings is 1. The van der Waals surface area contributed by atoms with Crippen molar-refractivity contribution in [1.29, 1.82) is 0 Å². The van der Waals surface area contributed by atoms with Crippen molar-refractivity contribution in [3.63, 3.8) is 0 Å². The van der Waals surface area contributed by atoms with Crippen molar-refractivity contribution in [3.05, 3.63) is 47.6 Å². The average molecular weight is 217 g/mol. The Hall–Kier alpha value is -1.68. The van der Waals surface area contributed by atoms with Crippen LogP contribution in [-0.2, 0) is 12.8 Å². The van der Waals surface area contributed by atoms with Gasteiger partial charge >= 0.3 is 0 Å². The van der Waals surface area contributed by atoms with Crippen LogP contribution in [0.5, 0.6) is 0 Å². The normalized spacial score (nSPS) is 12.6. The average Bonchev–Trinajstić information content (AvgIpc) is 2.76. The standard InChI is InChI=1S/C12H15N3O/c1-9(13)12-14-11(15-16-12)8-7-10-5-3-2-4-6-10/h2-6,9H,7-8,13H2,1H3. The van der Waals surface area contributed by atoms with Crippen molar-refractivity contribution in [1.82, 2.24) is 10.1 Å². The van der Waals surface area contributed by atoms with Crippen LogP contribution in [0.2, 0.25) is 0 Å². The number of aryl methyl sites for hydroxylation is 2. The van der Waals surface area contributed by atoms with E-state index in [1.54, 1.807) is 0 Å². The quantitative estimate of drug-likeness (QED) is 0.849. The fourth-order valence-electron chi connectivity index (χ4n) is 1.45. The molecule has 0 bridgehead atoms. The zero-order valence-corrected chi connectivity index (χ0v) is 9.26. The molecule has 0 amide bonds. The van der Waals surface area contributed by atoms with E-state index in [0.29, 0.717) is 5.89 Å². The van der Waals surface area contributed by atoms with Crippen molar-refractivity contribution in [2.45, 2.75) is 25.8 Å². The van der Waals surface area contributed by atoms with E-state index < -0.39 is 0 Å². The fraction of sp³-hybridized carbons (Fsp3) is 0.333. The molecule has 1 aromatic heterocycles. The molecule has 0 saturated carbocycles. The molecule has 0 aliphatic rings. The molecule has 0 saturated heterocycles. The molecule has 1 aromatic carbocycles. The molecule has 1 atom stereocenters. The third kappa shape index (κ3) is 2.67. The lowest BCUT2D eigenvalue weighted by Gasteiger charge is -1.96. The summed E-state index contributed by atoms with van der Waals surface area (Å²) < 4.78 is 5.03. The molecule has 2 aromatic rings. The smallest absolute Gasteiger partial charge is 0.243 e. The lowest BCUT2D eigenvalue weighted by Crippen LogP contribution is -2.05. The van der Waals surface area contributed by atoms with Gasteiger partial charge in [0, 0.05) is 6.42 Å². The molecular formula is C12H15N3O. The van der Waals surface area contributed by atoms with Crippen molar-refractivity contribution in [3.8, 4) is 0 Å². The zero-order valence-electron chi connectivity index (χ0n) is 9.26. The van der Waals surface area contributed by atoms with Gasteiger partial charge in [0.1, 0.15) is 0 Å². The van der Waals surface area contributed by atoms with Crippen LogP contribution < -0.4 is 5.73 Å². The second-order valence-corrected chi connectivity index (χ2v) is 3.82. The molecule has 16 heavy (non-hydrogen) atoms. The summed E-state index contributed by atoms with van der Waals surface area (Å²) in [7, 11) is 0. The first kappa shape index (κ1) is 10.8. The Balaban J connectivity index is 1.95. The molecule has 0 aliphatic carbocycles. The van der Waals surface area contributed by atoms with Gasteiger partial charge in [-0.25, -0.2) is 0 Å². The Morgan fingerprint density at radius 1 is 1.25 bits per heavy atom. The third-order valence-electron chi connectivity index (χ3n) is 2.35. The minimum absolute atomic E-state index is 0.196. The van der Waals surface area contributed by atoms with Crippen LogP contribution in [0.4, 0.5) is 0 Å². The summed E-state index contributed by atoms with van der Waals surface area (Å²) in [6, 6.07) is 10.0. The number of hydrogen-bond donors (Lipinski definition) is 1. The van der Waals surface area contributed by atoms with Gasteiger partial charge in [-0.15, -0.1) is 0 Å². The molecule has 1 unspecified atom stereocenters. The van der Waals surface area contributed by atoms with Crippen LogP contribution in [-0.4, -0.2) is 10.1 Å². The number of nitrogens with two attached hydrogens (primary N) is 1. The van der Waals surface area contributed by atoms with Gasteiger partial charge in [-0.1, -0.05) is 35.5 Å². The minimum atomic E-state index is -0.196. The predicted octanol–water partition coefficient (Wildman–Crippen LogP) is 1.87. The molecule has 1 heterocycles. The maximum Gasteiger partial charge on any atom is 0.243 e. The van der Waals surface area contributed by atoms with Gasteiger partial charge in [-0.3, -0.25) is 0 Å². The molecular weight excluding hydrogens is 202 g/mol. The molecule has 4 heteroatoms. The highest BCUT2D eigenvalue weighted by Gasteiger charge is 2.09. The number of rotatable bonds is 4. The van der Waals surface area contributed by atoms with E-state index in [-0.39, 0.29) is 6.04 Å². The van der Waals surface area contributed by atoms with E-state index in [1.165, 1.54) is 5.56 Å². The maximum absolute atomic E-state index is 5.64. The minimum Gasteiger partial charge on any atom is -0.338 e. The van der Waals surface area contributed by atoms with Crippen LogP contribution in [0.1, 0.15) is 30.2 Å². The summed E-state index contributed by atoms with van der Waals surface area (Å²) in [4.78, 5) is 4.22. The van der Waals surface area contributed by atoms with Gasteiger partial charge in [-0.2, -0.15) is 4.98 Å². The first-order valence-electron chi connectivity index (χ1n) is 5.37. The second kappa shape index (κ2) is 4.90. The van der Waals surface area contributed by atoms with Crippen LogP contribution in [0.15, 0.2) is 34.9 Å². The lowest BCUT2D eigenvalue weighted by molar-refractivity contribution is 0.357. The van der Waals surface area contributed by atoms with Crippen molar-refractivity contribution >= 4 is 0 Å². The second-order valence-electron chi connectivity index (χ2n) is 3.82. The number of aromatic nitrogens is 2. The molecule has 0 radical (unpaired) electrons. The SMILES string of the molecule is CC(N)c1nc(CCc2ccccc2)no1. The van der Waals surface area contributed by atoms with E-state index in [1.807, 2.05) is 25.1 Å². The highest BCUT2D eigenvalue weighted by molar-refractivity contribution is 5.15. The van der Waals surface area contributed by atoms with E-state index in [2.05, 4.69) is 22.3 Å². The van der Waals surface area contributed by atoms with E-state index in [0.717, 1.165) is 18.7 Å². The summed E-state index contributed by atoms with van der Waals surface area (Å²) in [6.07, 6.45) is 1.69. The van der Waals surface area contributed by atoms with Gasteiger partial charge in [0.2, 0.25) is 5.89 Å². The van der Waals surface area contributed by atoms with Gasteiger partial charge in [-0.05, 0) is 18.9 Å². The Labute approximate surface area is 94.5 Å². The summed E-state index contributed by atoms with van der Waals surface area (Å²) in [5.41, 5.74) is 6.91. The van der Waals surface area contributed by atoms with Crippen LogP contribution >= 0.6 is 0 Å². The Morgan fingerprint density at radius 2 is 2.00 bits per heavy atom. The topological polar surface area (TPSA) is 64.9 Å². The molecule has 2 rings (SSSR count). The predicted molar refractivity (Wildman–Crippen MR) is 60.8 cm³/mol. The van der Waals surface area contributed by atoms with Crippen LogP contribution in [0, 0.1) is 0 Å². The van der Waals surface area contributed by atoms with Crippen molar-refractivity contribution in [2.24, 2.45) is 5.73 Å². The lowest BCUT2D eigenvalue weighted by atomic mass is 10.1. The van der Waals surface area contributed by atoms with Crippen molar-refractivity contribution < 1.29 is 4.52 Å². The first-order chi connectivity index (χ1) is 7.75. The number of hydrogen-bond acceptors (Lipinski definition) is 4. The van der Waals surface area contributed by atoms with Gasteiger partial charge in [0.25, 0.3) is 0 Å². The Kier molecular flexibility index (Phi) is 3.31. The zero-order chi connectivity index (χ0) is 11.4. The highest BCUT2D eigenvalue weighted by atomic mass is 16.5. The molecule has 0 fully saturated rings. The summed E-state index contributed by atoms with van der Waals surface area (Å²) >= 11 is 0. The van der Waals surface area contributed by atoms with Gasteiger partial charge < -0.3 is 10.3 Å². The Morgan fingerprint density at radius 3 is 2.62 bits per heavy atom.